The number of rotatable bonds is 2. The maximum absolute atomic E-state index is 9.72. The van der Waals surface area contributed by atoms with Crippen molar-refractivity contribution in [1.29, 1.82) is 0 Å². The smallest absolute Gasteiger partial charge is 0.115 e. The third-order valence-electron chi connectivity index (χ3n) is 3.77. The molecule has 0 aromatic heterocycles. The van der Waals surface area contributed by atoms with Crippen LogP contribution < -0.4 is 5.32 Å². The van der Waals surface area contributed by atoms with E-state index in [-0.39, 0.29) is 11.8 Å². The lowest BCUT2D eigenvalue weighted by Crippen LogP contribution is -2.17. The summed E-state index contributed by atoms with van der Waals surface area (Å²) in [5, 5.41) is 14.6. The molecule has 2 aromatic rings. The Labute approximate surface area is 138 Å². The Kier molecular flexibility index (Phi) is 4.21. The van der Waals surface area contributed by atoms with Crippen molar-refractivity contribution in [2.75, 3.05) is 5.32 Å². The highest BCUT2D eigenvalue weighted by Crippen LogP contribution is 2.39. The van der Waals surface area contributed by atoms with Gasteiger partial charge in [0.05, 0.1) is 21.8 Å². The van der Waals surface area contributed by atoms with Crippen molar-refractivity contribution < 1.29 is 5.11 Å². The summed E-state index contributed by atoms with van der Waals surface area (Å²) in [6.07, 6.45) is 3.07. The van der Waals surface area contributed by atoms with Crippen molar-refractivity contribution in [2.45, 2.75) is 25.3 Å². The average molecular weight is 343 g/mol. The van der Waals surface area contributed by atoms with Gasteiger partial charge in [0.1, 0.15) is 5.75 Å². The third kappa shape index (κ3) is 3.08. The molecule has 2 nitrogen and oxygen atoms in total. The van der Waals surface area contributed by atoms with Crippen LogP contribution in [-0.4, -0.2) is 5.11 Å². The highest BCUT2D eigenvalue weighted by atomic mass is 35.5. The summed E-state index contributed by atoms with van der Waals surface area (Å²) in [6, 6.07) is 8.93. The van der Waals surface area contributed by atoms with Crippen molar-refractivity contribution >= 4 is 40.5 Å². The fourth-order valence-corrected chi connectivity index (χ4v) is 3.72. The average Bonchev–Trinajstić information content (AvgIpc) is 2.43. The standard InChI is InChI=1S/C16H14Cl3NO/c17-10-6-13(18)16(14(19)7-10)20-15-3-1-2-9-4-5-11(21)8-12(9)15/h4-8,15,20-21H,1-3H2. The zero-order valence-electron chi connectivity index (χ0n) is 11.2. The van der Waals surface area contributed by atoms with Crippen molar-refractivity contribution in [3.8, 4) is 5.75 Å². The Bertz CT molecular complexity index is 664. The van der Waals surface area contributed by atoms with E-state index in [2.05, 4.69) is 5.32 Å². The van der Waals surface area contributed by atoms with Gasteiger partial charge in [-0.3, -0.25) is 0 Å². The second-order valence-corrected chi connectivity index (χ2v) is 6.47. The van der Waals surface area contributed by atoms with E-state index in [0.29, 0.717) is 20.8 Å². The van der Waals surface area contributed by atoms with Crippen molar-refractivity contribution in [3.05, 3.63) is 56.5 Å². The molecule has 0 fully saturated rings. The summed E-state index contributed by atoms with van der Waals surface area (Å²) in [5.74, 6) is 0.274. The molecule has 0 bridgehead atoms. The molecular weight excluding hydrogens is 329 g/mol. The summed E-state index contributed by atoms with van der Waals surface area (Å²) >= 11 is 18.4. The molecule has 3 rings (SSSR count). The van der Waals surface area contributed by atoms with Crippen molar-refractivity contribution in [3.63, 3.8) is 0 Å². The summed E-state index contributed by atoms with van der Waals surface area (Å²) < 4.78 is 0. The number of phenols is 1. The van der Waals surface area contributed by atoms with Crippen LogP contribution in [0.5, 0.6) is 5.75 Å². The zero-order valence-corrected chi connectivity index (χ0v) is 13.4. The lowest BCUT2D eigenvalue weighted by Gasteiger charge is -2.28. The number of aryl methyl sites for hydroxylation is 1. The maximum atomic E-state index is 9.72. The Hall–Kier alpha value is -1.09. The van der Waals surface area contributed by atoms with Gasteiger partial charge >= 0.3 is 0 Å². The molecule has 1 aliphatic carbocycles. The second kappa shape index (κ2) is 5.96. The summed E-state index contributed by atoms with van der Waals surface area (Å²) in [6.45, 7) is 0. The topological polar surface area (TPSA) is 32.3 Å². The highest BCUT2D eigenvalue weighted by Gasteiger charge is 2.22. The number of aromatic hydroxyl groups is 1. The molecule has 0 saturated heterocycles. The lowest BCUT2D eigenvalue weighted by atomic mass is 9.87. The van der Waals surface area contributed by atoms with E-state index < -0.39 is 0 Å². The van der Waals surface area contributed by atoms with E-state index in [1.54, 1.807) is 18.2 Å². The molecule has 0 heterocycles. The van der Waals surface area contributed by atoms with Crippen molar-refractivity contribution in [1.82, 2.24) is 0 Å². The van der Waals surface area contributed by atoms with E-state index in [4.69, 9.17) is 34.8 Å². The number of hydrogen-bond acceptors (Lipinski definition) is 2. The normalized spacial score (nSPS) is 17.4. The van der Waals surface area contributed by atoms with E-state index in [1.807, 2.05) is 12.1 Å². The van der Waals surface area contributed by atoms with Crippen LogP contribution in [0, 0.1) is 0 Å². The number of halogens is 3. The molecule has 0 radical (unpaired) electrons. The quantitative estimate of drug-likeness (QED) is 0.718. The first-order valence-corrected chi connectivity index (χ1v) is 7.91. The number of phenolic OH excluding ortho intramolecular Hbond substituents is 1. The first kappa shape index (κ1) is 14.8. The molecule has 0 amide bonds. The fourth-order valence-electron chi connectivity index (χ4n) is 2.79. The van der Waals surface area contributed by atoms with Gasteiger partial charge in [-0.15, -0.1) is 0 Å². The van der Waals surface area contributed by atoms with Gasteiger partial charge in [0.15, 0.2) is 0 Å². The van der Waals surface area contributed by atoms with Gasteiger partial charge in [0.2, 0.25) is 0 Å². The van der Waals surface area contributed by atoms with Crippen LogP contribution in [0.1, 0.15) is 30.0 Å². The van der Waals surface area contributed by atoms with Gasteiger partial charge < -0.3 is 10.4 Å². The van der Waals surface area contributed by atoms with Crippen LogP contribution in [0.2, 0.25) is 15.1 Å². The predicted molar refractivity (Wildman–Crippen MR) is 88.9 cm³/mol. The predicted octanol–water partition coefficient (Wildman–Crippen LogP) is 5.84. The minimum Gasteiger partial charge on any atom is -0.508 e. The van der Waals surface area contributed by atoms with Gasteiger partial charge in [-0.2, -0.15) is 0 Å². The SMILES string of the molecule is Oc1ccc2c(c1)C(Nc1c(Cl)cc(Cl)cc1Cl)CCC2. The van der Waals surface area contributed by atoms with Crippen LogP contribution >= 0.6 is 34.8 Å². The lowest BCUT2D eigenvalue weighted by molar-refractivity contribution is 0.471. The molecule has 1 aliphatic rings. The molecule has 5 heteroatoms. The molecule has 0 spiro atoms. The molecule has 0 saturated carbocycles. The first-order chi connectivity index (χ1) is 10.0. The van der Waals surface area contributed by atoms with Gasteiger partial charge in [0, 0.05) is 5.02 Å². The molecule has 2 aromatic carbocycles. The van der Waals surface area contributed by atoms with E-state index >= 15 is 0 Å². The van der Waals surface area contributed by atoms with Gasteiger partial charge in [0.25, 0.3) is 0 Å². The largest absolute Gasteiger partial charge is 0.508 e. The van der Waals surface area contributed by atoms with Gasteiger partial charge in [-0.1, -0.05) is 40.9 Å². The fraction of sp³-hybridized carbons (Fsp3) is 0.250. The minimum atomic E-state index is 0.0806. The molecule has 1 unspecified atom stereocenters. The molecule has 1 atom stereocenters. The number of nitrogens with one attached hydrogen (secondary N) is 1. The molecule has 2 N–H and O–H groups in total. The number of fused-ring (bicyclic) bond motifs is 1. The van der Waals surface area contributed by atoms with Crippen LogP contribution in [0.4, 0.5) is 5.69 Å². The first-order valence-electron chi connectivity index (χ1n) is 6.77. The van der Waals surface area contributed by atoms with Gasteiger partial charge in [-0.05, 0) is 54.7 Å². The Morgan fingerprint density at radius 2 is 1.76 bits per heavy atom. The van der Waals surface area contributed by atoms with Crippen LogP contribution in [0.15, 0.2) is 30.3 Å². The van der Waals surface area contributed by atoms with E-state index in [9.17, 15) is 5.11 Å². The minimum absolute atomic E-state index is 0.0806. The number of anilines is 1. The van der Waals surface area contributed by atoms with Crippen LogP contribution in [0.25, 0.3) is 0 Å². The monoisotopic (exact) mass is 341 g/mol. The number of benzene rings is 2. The zero-order chi connectivity index (χ0) is 15.0. The van der Waals surface area contributed by atoms with Crippen LogP contribution in [0.3, 0.4) is 0 Å². The van der Waals surface area contributed by atoms with E-state index in [0.717, 1.165) is 24.8 Å². The summed E-state index contributed by atoms with van der Waals surface area (Å²) in [7, 11) is 0. The summed E-state index contributed by atoms with van der Waals surface area (Å²) in [5.41, 5.74) is 3.03. The Morgan fingerprint density at radius 1 is 1.05 bits per heavy atom. The molecule has 110 valence electrons. The maximum Gasteiger partial charge on any atom is 0.115 e. The van der Waals surface area contributed by atoms with Crippen LogP contribution in [-0.2, 0) is 6.42 Å². The Balaban J connectivity index is 1.96. The second-order valence-electron chi connectivity index (χ2n) is 5.22. The summed E-state index contributed by atoms with van der Waals surface area (Å²) in [4.78, 5) is 0. The Morgan fingerprint density at radius 3 is 2.48 bits per heavy atom. The number of hydrogen-bond donors (Lipinski definition) is 2. The van der Waals surface area contributed by atoms with E-state index in [1.165, 1.54) is 5.56 Å². The highest BCUT2D eigenvalue weighted by molar-refractivity contribution is 6.41. The van der Waals surface area contributed by atoms with Crippen molar-refractivity contribution in [2.24, 2.45) is 0 Å². The molecule has 0 aliphatic heterocycles. The van der Waals surface area contributed by atoms with Gasteiger partial charge in [-0.25, -0.2) is 0 Å². The third-order valence-corrected chi connectivity index (χ3v) is 4.58. The molecule has 21 heavy (non-hydrogen) atoms. The molecular formula is C16H14Cl3NO.